The van der Waals surface area contributed by atoms with Gasteiger partial charge in [-0.1, -0.05) is 18.2 Å². The average Bonchev–Trinajstić information content (AvgIpc) is 3.15. The maximum Gasteiger partial charge on any atom is 0.191 e. The van der Waals surface area contributed by atoms with Crippen LogP contribution in [0, 0.1) is 6.92 Å². The summed E-state index contributed by atoms with van der Waals surface area (Å²) in [7, 11) is 1.78. The van der Waals surface area contributed by atoms with Crippen molar-refractivity contribution in [2.45, 2.75) is 26.5 Å². The van der Waals surface area contributed by atoms with Gasteiger partial charge in [-0.15, -0.1) is 35.3 Å². The number of aliphatic imine (C=N–C) groups is 1. The topological polar surface area (TPSA) is 71.4 Å². The van der Waals surface area contributed by atoms with Crippen LogP contribution in [-0.4, -0.2) is 29.5 Å². The van der Waals surface area contributed by atoms with Crippen LogP contribution < -0.4 is 15.4 Å². The predicted molar refractivity (Wildman–Crippen MR) is 129 cm³/mol. The van der Waals surface area contributed by atoms with Gasteiger partial charge in [-0.3, -0.25) is 9.98 Å². The first kappa shape index (κ1) is 23.1. The average molecular weight is 523 g/mol. The van der Waals surface area contributed by atoms with E-state index in [1.807, 2.05) is 48.7 Å². The fourth-order valence-electron chi connectivity index (χ4n) is 2.56. The first-order valence-electron chi connectivity index (χ1n) is 9.20. The highest BCUT2D eigenvalue weighted by Gasteiger charge is 2.02. The molecule has 0 aliphatic carbocycles. The molecule has 154 valence electrons. The first-order chi connectivity index (χ1) is 13.7. The molecule has 2 N–H and O–H groups in total. The Kier molecular flexibility index (Phi) is 9.85. The third-order valence-electron chi connectivity index (χ3n) is 4.02. The molecule has 0 atom stereocenters. The van der Waals surface area contributed by atoms with E-state index in [4.69, 9.17) is 4.74 Å². The summed E-state index contributed by atoms with van der Waals surface area (Å²) in [5.41, 5.74) is 2.07. The van der Waals surface area contributed by atoms with Gasteiger partial charge in [0, 0.05) is 43.8 Å². The monoisotopic (exact) mass is 523 g/mol. The van der Waals surface area contributed by atoms with Crippen molar-refractivity contribution in [3.8, 4) is 5.75 Å². The summed E-state index contributed by atoms with van der Waals surface area (Å²) in [5, 5.41) is 7.79. The van der Waals surface area contributed by atoms with Crippen LogP contribution in [0.25, 0.3) is 0 Å². The molecule has 29 heavy (non-hydrogen) atoms. The van der Waals surface area contributed by atoms with Crippen molar-refractivity contribution in [3.63, 3.8) is 0 Å². The van der Waals surface area contributed by atoms with Gasteiger partial charge < -0.3 is 15.4 Å². The van der Waals surface area contributed by atoms with E-state index >= 15 is 0 Å². The summed E-state index contributed by atoms with van der Waals surface area (Å²) < 4.78 is 5.77. The second kappa shape index (κ2) is 12.4. The van der Waals surface area contributed by atoms with Crippen LogP contribution in [0.3, 0.4) is 0 Å². The number of rotatable bonds is 8. The second-order valence-electron chi connectivity index (χ2n) is 6.22. The molecular weight excluding hydrogens is 497 g/mol. The number of aromatic nitrogens is 2. The number of guanidine groups is 1. The number of benzene rings is 1. The third-order valence-corrected chi connectivity index (χ3v) is 4.99. The summed E-state index contributed by atoms with van der Waals surface area (Å²) in [4.78, 5) is 14.1. The van der Waals surface area contributed by atoms with Gasteiger partial charge in [-0.25, -0.2) is 4.98 Å². The van der Waals surface area contributed by atoms with Crippen molar-refractivity contribution in [2.75, 3.05) is 13.6 Å². The van der Waals surface area contributed by atoms with Crippen LogP contribution in [0.1, 0.15) is 21.1 Å². The number of hydrogen-bond donors (Lipinski definition) is 2. The van der Waals surface area contributed by atoms with Gasteiger partial charge in [0.15, 0.2) is 5.96 Å². The van der Waals surface area contributed by atoms with Crippen molar-refractivity contribution < 1.29 is 4.74 Å². The molecular formula is C21H26IN5OS. The number of aryl methyl sites for hydroxylation is 1. The number of thiazole rings is 1. The lowest BCUT2D eigenvalue weighted by Crippen LogP contribution is -2.37. The van der Waals surface area contributed by atoms with Crippen LogP contribution in [0.4, 0.5) is 0 Å². The van der Waals surface area contributed by atoms with E-state index in [0.29, 0.717) is 13.2 Å². The summed E-state index contributed by atoms with van der Waals surface area (Å²) in [5.74, 6) is 1.61. The summed E-state index contributed by atoms with van der Waals surface area (Å²) in [6.07, 6.45) is 4.57. The smallest absolute Gasteiger partial charge is 0.191 e. The Balaban J connectivity index is 0.00000300. The molecule has 8 heteroatoms. The SMILES string of the molecule is CN=C(NCCc1ncc(C)s1)NCc1ccc(OCc2ccccn2)cc1.I. The third kappa shape index (κ3) is 7.98. The van der Waals surface area contributed by atoms with Gasteiger partial charge >= 0.3 is 0 Å². The zero-order chi connectivity index (χ0) is 19.6. The zero-order valence-electron chi connectivity index (χ0n) is 16.6. The normalized spacial score (nSPS) is 10.9. The lowest BCUT2D eigenvalue weighted by atomic mass is 10.2. The zero-order valence-corrected chi connectivity index (χ0v) is 19.7. The van der Waals surface area contributed by atoms with Crippen molar-refractivity contribution in [1.29, 1.82) is 0 Å². The molecule has 0 spiro atoms. The maximum atomic E-state index is 5.77. The molecule has 0 saturated carbocycles. The standard InChI is InChI=1S/C21H25N5OS.HI/c1-16-13-25-20(28-16)10-12-24-21(22-2)26-14-17-6-8-19(9-7-17)27-15-18-5-3-4-11-23-18;/h3-9,11,13H,10,12,14-15H2,1-2H3,(H2,22,24,26);1H. The molecule has 2 aromatic heterocycles. The van der Waals surface area contributed by atoms with Gasteiger partial charge in [0.05, 0.1) is 10.7 Å². The summed E-state index contributed by atoms with van der Waals surface area (Å²) in [6.45, 7) is 4.03. The lowest BCUT2D eigenvalue weighted by molar-refractivity contribution is 0.301. The molecule has 3 rings (SSSR count). The first-order valence-corrected chi connectivity index (χ1v) is 10.0. The second-order valence-corrected chi connectivity index (χ2v) is 7.54. The molecule has 0 aliphatic heterocycles. The van der Waals surface area contributed by atoms with Crippen LogP contribution in [0.15, 0.2) is 59.9 Å². The van der Waals surface area contributed by atoms with Crippen molar-refractivity contribution in [2.24, 2.45) is 4.99 Å². The van der Waals surface area contributed by atoms with Gasteiger partial charge in [0.25, 0.3) is 0 Å². The maximum absolute atomic E-state index is 5.77. The molecule has 0 saturated heterocycles. The number of nitrogens with one attached hydrogen (secondary N) is 2. The van der Waals surface area contributed by atoms with Crippen molar-refractivity contribution >= 4 is 41.3 Å². The van der Waals surface area contributed by atoms with E-state index in [1.54, 1.807) is 24.6 Å². The van der Waals surface area contributed by atoms with Gasteiger partial charge in [0.1, 0.15) is 12.4 Å². The minimum atomic E-state index is 0. The molecule has 2 heterocycles. The molecule has 1 aromatic carbocycles. The fraction of sp³-hybridized carbons (Fsp3) is 0.286. The van der Waals surface area contributed by atoms with E-state index in [2.05, 4.69) is 32.5 Å². The Bertz CT molecular complexity index is 884. The van der Waals surface area contributed by atoms with Gasteiger partial charge in [-0.2, -0.15) is 0 Å². The number of nitrogens with zero attached hydrogens (tertiary/aromatic N) is 3. The van der Waals surface area contributed by atoms with E-state index < -0.39 is 0 Å². The molecule has 0 aliphatic rings. The summed E-state index contributed by atoms with van der Waals surface area (Å²) in [6, 6.07) is 13.8. The van der Waals surface area contributed by atoms with Crippen LogP contribution in [0.2, 0.25) is 0 Å². The van der Waals surface area contributed by atoms with Crippen molar-refractivity contribution in [1.82, 2.24) is 20.6 Å². The Morgan fingerprint density at radius 3 is 2.59 bits per heavy atom. The van der Waals surface area contributed by atoms with Crippen LogP contribution in [-0.2, 0) is 19.6 Å². The van der Waals surface area contributed by atoms with E-state index in [-0.39, 0.29) is 24.0 Å². The summed E-state index contributed by atoms with van der Waals surface area (Å²) >= 11 is 1.73. The largest absolute Gasteiger partial charge is 0.487 e. The predicted octanol–water partition coefficient (Wildman–Crippen LogP) is 3.95. The quantitative estimate of drug-likeness (QED) is 0.266. The van der Waals surface area contributed by atoms with E-state index in [9.17, 15) is 0 Å². The molecule has 6 nitrogen and oxygen atoms in total. The van der Waals surface area contributed by atoms with Gasteiger partial charge in [0.2, 0.25) is 0 Å². The molecule has 0 radical (unpaired) electrons. The molecule has 3 aromatic rings. The van der Waals surface area contributed by atoms with Gasteiger partial charge in [-0.05, 0) is 36.8 Å². The van der Waals surface area contributed by atoms with Crippen LogP contribution >= 0.6 is 35.3 Å². The Morgan fingerprint density at radius 1 is 1.10 bits per heavy atom. The van der Waals surface area contributed by atoms with E-state index in [0.717, 1.165) is 40.9 Å². The highest BCUT2D eigenvalue weighted by atomic mass is 127. The lowest BCUT2D eigenvalue weighted by Gasteiger charge is -2.12. The molecule has 0 fully saturated rings. The van der Waals surface area contributed by atoms with E-state index in [1.165, 1.54) is 4.88 Å². The Labute approximate surface area is 192 Å². The minimum absolute atomic E-state index is 0. The van der Waals surface area contributed by atoms with Crippen molar-refractivity contribution in [3.05, 3.63) is 76.0 Å². The number of hydrogen-bond acceptors (Lipinski definition) is 5. The molecule has 0 bridgehead atoms. The van der Waals surface area contributed by atoms with Crippen LogP contribution in [0.5, 0.6) is 5.75 Å². The number of pyridine rings is 1. The highest BCUT2D eigenvalue weighted by Crippen LogP contribution is 2.14. The fourth-order valence-corrected chi connectivity index (χ4v) is 3.34. The Morgan fingerprint density at radius 2 is 1.93 bits per heavy atom. The molecule has 0 amide bonds. The minimum Gasteiger partial charge on any atom is -0.487 e. The number of halogens is 1. The Hall–Kier alpha value is -2.20. The number of ether oxygens (including phenoxy) is 1. The highest BCUT2D eigenvalue weighted by molar-refractivity contribution is 14.0. The molecule has 0 unspecified atom stereocenters.